The Morgan fingerprint density at radius 2 is 2.00 bits per heavy atom. The third-order valence-corrected chi connectivity index (χ3v) is 2.10. The third-order valence-electron chi connectivity index (χ3n) is 2.10. The van der Waals surface area contributed by atoms with Crippen molar-refractivity contribution in [3.05, 3.63) is 35.9 Å². The van der Waals surface area contributed by atoms with Gasteiger partial charge in [-0.2, -0.15) is 0 Å². The lowest BCUT2D eigenvalue weighted by Gasteiger charge is -2.14. The lowest BCUT2D eigenvalue weighted by molar-refractivity contribution is 0.169. The van der Waals surface area contributed by atoms with Gasteiger partial charge in [-0.1, -0.05) is 30.3 Å². The largest absolute Gasteiger partial charge is 0.383 e. The van der Waals surface area contributed by atoms with E-state index in [9.17, 15) is 0 Å². The number of likely N-dealkylation sites (N-methyl/N-ethyl adjacent to an activating group) is 1. The molecule has 0 fully saturated rings. The first-order valence-corrected chi connectivity index (χ1v) is 4.57. The molecule has 0 saturated heterocycles. The fourth-order valence-electron chi connectivity index (χ4n) is 1.34. The van der Waals surface area contributed by atoms with Crippen molar-refractivity contribution >= 4 is 0 Å². The number of methoxy groups -OCH3 is 1. The van der Waals surface area contributed by atoms with Gasteiger partial charge in [0.05, 0.1) is 6.61 Å². The van der Waals surface area contributed by atoms with Crippen LogP contribution in [0.5, 0.6) is 0 Å². The van der Waals surface area contributed by atoms with Crippen molar-refractivity contribution in [2.75, 3.05) is 20.8 Å². The van der Waals surface area contributed by atoms with Crippen LogP contribution in [0.1, 0.15) is 5.56 Å². The number of hydrogen-bond donors (Lipinski definition) is 1. The Morgan fingerprint density at radius 1 is 1.31 bits per heavy atom. The second-order valence-corrected chi connectivity index (χ2v) is 3.13. The summed E-state index contributed by atoms with van der Waals surface area (Å²) in [4.78, 5) is 0. The first-order valence-electron chi connectivity index (χ1n) is 4.57. The van der Waals surface area contributed by atoms with Crippen molar-refractivity contribution in [2.45, 2.75) is 12.5 Å². The average Bonchev–Trinajstić information content (AvgIpc) is 2.19. The molecule has 0 aromatic heterocycles. The lowest BCUT2D eigenvalue weighted by atomic mass is 10.1. The van der Waals surface area contributed by atoms with Crippen LogP contribution < -0.4 is 5.32 Å². The van der Waals surface area contributed by atoms with Gasteiger partial charge in [-0.25, -0.2) is 0 Å². The van der Waals surface area contributed by atoms with Crippen LogP contribution in [0.25, 0.3) is 0 Å². The zero-order valence-electron chi connectivity index (χ0n) is 8.29. The smallest absolute Gasteiger partial charge is 0.0618 e. The van der Waals surface area contributed by atoms with Gasteiger partial charge in [0.2, 0.25) is 0 Å². The molecule has 0 saturated carbocycles. The maximum Gasteiger partial charge on any atom is 0.0618 e. The molecule has 1 aromatic rings. The second-order valence-electron chi connectivity index (χ2n) is 3.13. The van der Waals surface area contributed by atoms with E-state index in [0.29, 0.717) is 6.04 Å². The molecule has 0 heterocycles. The van der Waals surface area contributed by atoms with Crippen LogP contribution in [0.15, 0.2) is 30.3 Å². The molecule has 1 aromatic carbocycles. The van der Waals surface area contributed by atoms with Gasteiger partial charge in [0.15, 0.2) is 0 Å². The van der Waals surface area contributed by atoms with E-state index >= 15 is 0 Å². The number of nitrogens with one attached hydrogen (secondary N) is 1. The van der Waals surface area contributed by atoms with Crippen LogP contribution >= 0.6 is 0 Å². The molecule has 1 N–H and O–H groups in total. The molecule has 0 bridgehead atoms. The number of ether oxygens (including phenoxy) is 1. The van der Waals surface area contributed by atoms with E-state index in [1.807, 2.05) is 13.1 Å². The van der Waals surface area contributed by atoms with Crippen LogP contribution in [0.2, 0.25) is 0 Å². The van der Waals surface area contributed by atoms with Gasteiger partial charge in [0.25, 0.3) is 0 Å². The van der Waals surface area contributed by atoms with Crippen LogP contribution in [-0.4, -0.2) is 26.8 Å². The van der Waals surface area contributed by atoms with Gasteiger partial charge in [-0.05, 0) is 19.0 Å². The zero-order valence-corrected chi connectivity index (χ0v) is 8.29. The van der Waals surface area contributed by atoms with Crippen molar-refractivity contribution in [1.82, 2.24) is 5.32 Å². The highest BCUT2D eigenvalue weighted by atomic mass is 16.5. The van der Waals surface area contributed by atoms with E-state index in [2.05, 4.69) is 29.6 Å². The quantitative estimate of drug-likeness (QED) is 0.739. The molecular formula is C11H17NO. The van der Waals surface area contributed by atoms with Gasteiger partial charge < -0.3 is 10.1 Å². The topological polar surface area (TPSA) is 21.3 Å². The van der Waals surface area contributed by atoms with Crippen molar-refractivity contribution in [3.8, 4) is 0 Å². The highest BCUT2D eigenvalue weighted by Crippen LogP contribution is 2.02. The van der Waals surface area contributed by atoms with Crippen molar-refractivity contribution in [1.29, 1.82) is 0 Å². The van der Waals surface area contributed by atoms with Crippen molar-refractivity contribution < 1.29 is 4.74 Å². The van der Waals surface area contributed by atoms with Crippen LogP contribution in [0.3, 0.4) is 0 Å². The Bertz CT molecular complexity index is 223. The normalized spacial score (nSPS) is 12.8. The van der Waals surface area contributed by atoms with Crippen LogP contribution in [0.4, 0.5) is 0 Å². The molecule has 13 heavy (non-hydrogen) atoms. The Kier molecular flexibility index (Phi) is 4.50. The highest BCUT2D eigenvalue weighted by Gasteiger charge is 2.05. The SMILES string of the molecule is CN[C@@H](COC)Cc1ccccc1. The molecule has 1 rings (SSSR count). The molecule has 72 valence electrons. The summed E-state index contributed by atoms with van der Waals surface area (Å²) in [6.45, 7) is 0.755. The molecule has 1 atom stereocenters. The van der Waals surface area contributed by atoms with Crippen LogP contribution in [0, 0.1) is 0 Å². The summed E-state index contributed by atoms with van der Waals surface area (Å²) in [5, 5.41) is 3.23. The summed E-state index contributed by atoms with van der Waals surface area (Å²) in [7, 11) is 3.70. The summed E-state index contributed by atoms with van der Waals surface area (Å²) in [5.74, 6) is 0. The van der Waals surface area contributed by atoms with E-state index in [-0.39, 0.29) is 0 Å². The van der Waals surface area contributed by atoms with Gasteiger partial charge in [0.1, 0.15) is 0 Å². The van der Waals surface area contributed by atoms with Gasteiger partial charge in [-0.15, -0.1) is 0 Å². The summed E-state index contributed by atoms with van der Waals surface area (Å²) < 4.78 is 5.10. The molecular weight excluding hydrogens is 162 g/mol. The molecule has 0 radical (unpaired) electrons. The van der Waals surface area contributed by atoms with Gasteiger partial charge in [0, 0.05) is 13.2 Å². The first-order chi connectivity index (χ1) is 6.36. The maximum absolute atomic E-state index is 5.10. The van der Waals surface area contributed by atoms with Crippen molar-refractivity contribution in [3.63, 3.8) is 0 Å². The van der Waals surface area contributed by atoms with E-state index < -0.39 is 0 Å². The minimum absolute atomic E-state index is 0.410. The fraction of sp³-hybridized carbons (Fsp3) is 0.455. The van der Waals surface area contributed by atoms with Gasteiger partial charge >= 0.3 is 0 Å². The monoisotopic (exact) mass is 179 g/mol. The molecule has 2 nitrogen and oxygen atoms in total. The predicted molar refractivity (Wildman–Crippen MR) is 54.9 cm³/mol. The number of rotatable bonds is 5. The van der Waals surface area contributed by atoms with E-state index in [0.717, 1.165) is 13.0 Å². The fourth-order valence-corrected chi connectivity index (χ4v) is 1.34. The van der Waals surface area contributed by atoms with E-state index in [1.54, 1.807) is 7.11 Å². The third kappa shape index (κ3) is 3.57. The average molecular weight is 179 g/mol. The summed E-state index contributed by atoms with van der Waals surface area (Å²) in [6.07, 6.45) is 1.02. The van der Waals surface area contributed by atoms with Crippen molar-refractivity contribution in [2.24, 2.45) is 0 Å². The Labute approximate surface area is 79.9 Å². The second kappa shape index (κ2) is 5.73. The van der Waals surface area contributed by atoms with Gasteiger partial charge in [-0.3, -0.25) is 0 Å². The maximum atomic E-state index is 5.10. The number of benzene rings is 1. The molecule has 0 aliphatic heterocycles. The highest BCUT2D eigenvalue weighted by molar-refractivity contribution is 5.15. The van der Waals surface area contributed by atoms with E-state index in [4.69, 9.17) is 4.74 Å². The number of hydrogen-bond acceptors (Lipinski definition) is 2. The Balaban J connectivity index is 2.46. The lowest BCUT2D eigenvalue weighted by Crippen LogP contribution is -2.31. The minimum atomic E-state index is 0.410. The molecule has 0 unspecified atom stereocenters. The summed E-state index contributed by atoms with van der Waals surface area (Å²) in [5.41, 5.74) is 1.35. The summed E-state index contributed by atoms with van der Waals surface area (Å²) >= 11 is 0. The standard InChI is InChI=1S/C11H17NO/c1-12-11(9-13-2)8-10-6-4-3-5-7-10/h3-7,11-12H,8-9H2,1-2H3/t11-/m1/s1. The minimum Gasteiger partial charge on any atom is -0.383 e. The molecule has 0 amide bonds. The first kappa shape index (κ1) is 10.2. The van der Waals surface area contributed by atoms with Crippen LogP contribution in [-0.2, 0) is 11.2 Å². The Hall–Kier alpha value is -0.860. The summed E-state index contributed by atoms with van der Waals surface area (Å²) in [6, 6.07) is 10.9. The predicted octanol–water partition coefficient (Wildman–Crippen LogP) is 1.46. The molecule has 2 heteroatoms. The molecule has 0 spiro atoms. The Morgan fingerprint density at radius 3 is 2.54 bits per heavy atom. The zero-order chi connectivity index (χ0) is 9.52. The van der Waals surface area contributed by atoms with E-state index in [1.165, 1.54) is 5.56 Å². The molecule has 0 aliphatic carbocycles. The molecule has 0 aliphatic rings.